The molecule has 1 aliphatic carbocycles. The van der Waals surface area contributed by atoms with Crippen molar-refractivity contribution >= 4 is 5.91 Å². The number of carbonyl (C=O) groups is 1. The second kappa shape index (κ2) is 5.59. The molecule has 2 atom stereocenters. The predicted molar refractivity (Wildman–Crippen MR) is 73.4 cm³/mol. The van der Waals surface area contributed by atoms with Gasteiger partial charge in [0.05, 0.1) is 12.6 Å². The molecule has 1 amide bonds. The van der Waals surface area contributed by atoms with Crippen LogP contribution in [0.15, 0.2) is 30.6 Å². The topological polar surface area (TPSA) is 38.1 Å². The van der Waals surface area contributed by atoms with Crippen LogP contribution in [0.25, 0.3) is 0 Å². The largest absolute Gasteiger partial charge is 0.338 e. The maximum Gasteiger partial charge on any atom is 0.226 e. The van der Waals surface area contributed by atoms with Gasteiger partial charge < -0.3 is 4.90 Å². The number of rotatable bonds is 3. The molecule has 1 aromatic rings. The lowest BCUT2D eigenvalue weighted by atomic mass is 9.93. The average Bonchev–Trinajstić information content (AvgIpc) is 3.11. The fraction of sp³-hybridized carbons (Fsp3) is 0.600. The van der Waals surface area contributed by atoms with Crippen LogP contribution in [0.3, 0.4) is 0 Å². The third-order valence-electron chi connectivity index (χ3n) is 4.24. The fourth-order valence-corrected chi connectivity index (χ4v) is 3.19. The second-order valence-electron chi connectivity index (χ2n) is 5.54. The molecule has 0 spiro atoms. The van der Waals surface area contributed by atoms with Crippen LogP contribution in [-0.2, 0) is 11.3 Å². The van der Waals surface area contributed by atoms with Crippen molar-refractivity contribution in [1.82, 2.24) is 14.7 Å². The molecule has 0 unspecified atom stereocenters. The molecule has 102 valence electrons. The molecular formula is C15H21N3O. The average molecular weight is 259 g/mol. The molecule has 1 saturated heterocycles. The van der Waals surface area contributed by atoms with Crippen molar-refractivity contribution in [2.75, 3.05) is 6.54 Å². The Morgan fingerprint density at radius 2 is 2.26 bits per heavy atom. The lowest BCUT2D eigenvalue weighted by Gasteiger charge is -2.29. The number of nitrogens with zero attached hydrogens (tertiary/aromatic N) is 3. The number of amides is 1. The Kier molecular flexibility index (Phi) is 3.67. The lowest BCUT2D eigenvalue weighted by molar-refractivity contribution is -0.136. The summed E-state index contributed by atoms with van der Waals surface area (Å²) in [5.41, 5.74) is 0. The quantitative estimate of drug-likeness (QED) is 0.781. The molecule has 0 N–H and O–H groups in total. The first kappa shape index (κ1) is 12.5. The van der Waals surface area contributed by atoms with E-state index in [1.54, 1.807) is 6.20 Å². The van der Waals surface area contributed by atoms with Crippen molar-refractivity contribution in [2.24, 2.45) is 5.92 Å². The smallest absolute Gasteiger partial charge is 0.226 e. The van der Waals surface area contributed by atoms with E-state index in [1.165, 1.54) is 0 Å². The third-order valence-corrected chi connectivity index (χ3v) is 4.24. The summed E-state index contributed by atoms with van der Waals surface area (Å²) >= 11 is 0. The molecule has 19 heavy (non-hydrogen) atoms. The van der Waals surface area contributed by atoms with Gasteiger partial charge in [0.2, 0.25) is 5.91 Å². The van der Waals surface area contributed by atoms with Gasteiger partial charge in [-0.1, -0.05) is 12.2 Å². The Bertz CT molecular complexity index is 452. The number of hydrogen-bond donors (Lipinski definition) is 0. The van der Waals surface area contributed by atoms with Crippen LogP contribution < -0.4 is 0 Å². The third kappa shape index (κ3) is 2.72. The highest BCUT2D eigenvalue weighted by Gasteiger charge is 2.33. The normalized spacial score (nSPS) is 26.8. The van der Waals surface area contributed by atoms with E-state index < -0.39 is 0 Å². The van der Waals surface area contributed by atoms with Crippen molar-refractivity contribution in [3.63, 3.8) is 0 Å². The van der Waals surface area contributed by atoms with Crippen LogP contribution in [-0.4, -0.2) is 33.2 Å². The van der Waals surface area contributed by atoms with E-state index in [9.17, 15) is 4.79 Å². The number of aromatic nitrogens is 2. The van der Waals surface area contributed by atoms with Crippen LogP contribution in [0.4, 0.5) is 0 Å². The minimum Gasteiger partial charge on any atom is -0.338 e. The molecule has 1 aromatic heterocycles. The van der Waals surface area contributed by atoms with Gasteiger partial charge >= 0.3 is 0 Å². The summed E-state index contributed by atoms with van der Waals surface area (Å²) in [7, 11) is 0. The first-order chi connectivity index (χ1) is 9.34. The summed E-state index contributed by atoms with van der Waals surface area (Å²) in [5, 5.41) is 4.25. The lowest BCUT2D eigenvalue weighted by Crippen LogP contribution is -2.41. The van der Waals surface area contributed by atoms with E-state index in [0.717, 1.165) is 45.2 Å². The van der Waals surface area contributed by atoms with Crippen LogP contribution in [0.5, 0.6) is 0 Å². The summed E-state index contributed by atoms with van der Waals surface area (Å²) in [5.74, 6) is 0.572. The van der Waals surface area contributed by atoms with Crippen LogP contribution >= 0.6 is 0 Å². The van der Waals surface area contributed by atoms with Crippen molar-refractivity contribution in [3.05, 3.63) is 30.6 Å². The minimum atomic E-state index is 0.211. The van der Waals surface area contributed by atoms with Crippen molar-refractivity contribution < 1.29 is 4.79 Å². The van der Waals surface area contributed by atoms with Gasteiger partial charge in [-0.25, -0.2) is 0 Å². The zero-order valence-electron chi connectivity index (χ0n) is 11.2. The van der Waals surface area contributed by atoms with Gasteiger partial charge in [-0.3, -0.25) is 9.48 Å². The van der Waals surface area contributed by atoms with Gasteiger partial charge in [0.1, 0.15) is 0 Å². The predicted octanol–water partition coefficient (Wildman–Crippen LogP) is 2.23. The zero-order valence-corrected chi connectivity index (χ0v) is 11.2. The highest BCUT2D eigenvalue weighted by Crippen LogP contribution is 2.26. The number of carbonyl (C=O) groups excluding carboxylic acids is 1. The summed E-state index contributed by atoms with van der Waals surface area (Å²) in [6, 6.07) is 2.27. The van der Waals surface area contributed by atoms with Gasteiger partial charge in [-0.15, -0.1) is 0 Å². The van der Waals surface area contributed by atoms with E-state index >= 15 is 0 Å². The van der Waals surface area contributed by atoms with Crippen LogP contribution in [0, 0.1) is 5.92 Å². The molecule has 2 heterocycles. The fourth-order valence-electron chi connectivity index (χ4n) is 3.19. The van der Waals surface area contributed by atoms with E-state index in [-0.39, 0.29) is 5.92 Å². The van der Waals surface area contributed by atoms with Crippen LogP contribution in [0.2, 0.25) is 0 Å². The monoisotopic (exact) mass is 259 g/mol. The Labute approximate surface area is 114 Å². The van der Waals surface area contributed by atoms with E-state index in [1.807, 2.05) is 16.9 Å². The molecule has 1 fully saturated rings. The summed E-state index contributed by atoms with van der Waals surface area (Å²) < 4.78 is 1.94. The SMILES string of the molecule is O=C([C@H]1CC=CCC1)N1CCC[C@H]1Cn1cccn1. The maximum atomic E-state index is 12.6. The van der Waals surface area contributed by atoms with Gasteiger partial charge in [0.25, 0.3) is 0 Å². The molecule has 0 bridgehead atoms. The molecule has 0 aromatic carbocycles. The highest BCUT2D eigenvalue weighted by atomic mass is 16.2. The van der Waals surface area contributed by atoms with Gasteiger partial charge in [-0.05, 0) is 38.2 Å². The molecular weight excluding hydrogens is 238 g/mol. The summed E-state index contributed by atoms with van der Waals surface area (Å²) in [6.07, 6.45) is 13.3. The molecule has 0 saturated carbocycles. The summed E-state index contributed by atoms with van der Waals surface area (Å²) in [6.45, 7) is 1.76. The minimum absolute atomic E-state index is 0.211. The van der Waals surface area contributed by atoms with Crippen LogP contribution in [0.1, 0.15) is 32.1 Å². The molecule has 1 aliphatic heterocycles. The molecule has 4 heteroatoms. The van der Waals surface area contributed by atoms with Crippen molar-refractivity contribution in [1.29, 1.82) is 0 Å². The van der Waals surface area contributed by atoms with Crippen molar-refractivity contribution in [2.45, 2.75) is 44.7 Å². The van der Waals surface area contributed by atoms with E-state index in [0.29, 0.717) is 11.9 Å². The Balaban J connectivity index is 1.65. The Morgan fingerprint density at radius 1 is 1.32 bits per heavy atom. The standard InChI is InChI=1S/C15H21N3O/c19-15(13-6-2-1-3-7-13)18-11-4-8-14(18)12-17-10-5-9-16-17/h1-2,5,9-10,13-14H,3-4,6-8,11-12H2/t13-,14-/m0/s1. The molecule has 0 radical (unpaired) electrons. The summed E-state index contributed by atoms with van der Waals surface area (Å²) in [4.78, 5) is 14.7. The van der Waals surface area contributed by atoms with E-state index in [2.05, 4.69) is 22.2 Å². The Hall–Kier alpha value is -1.58. The Morgan fingerprint density at radius 3 is 3.00 bits per heavy atom. The van der Waals surface area contributed by atoms with Crippen molar-refractivity contribution in [3.8, 4) is 0 Å². The van der Waals surface area contributed by atoms with Gasteiger partial charge in [0, 0.05) is 24.9 Å². The molecule has 3 rings (SSSR count). The molecule has 2 aliphatic rings. The van der Waals surface area contributed by atoms with Gasteiger partial charge in [0.15, 0.2) is 0 Å². The molecule has 4 nitrogen and oxygen atoms in total. The number of allylic oxidation sites excluding steroid dienone is 2. The second-order valence-corrected chi connectivity index (χ2v) is 5.54. The maximum absolute atomic E-state index is 12.6. The number of hydrogen-bond acceptors (Lipinski definition) is 2. The van der Waals surface area contributed by atoms with Gasteiger partial charge in [-0.2, -0.15) is 5.10 Å². The first-order valence-electron chi connectivity index (χ1n) is 7.27. The highest BCUT2D eigenvalue weighted by molar-refractivity contribution is 5.79. The number of likely N-dealkylation sites (tertiary alicyclic amines) is 1. The first-order valence-corrected chi connectivity index (χ1v) is 7.27. The van der Waals surface area contributed by atoms with E-state index in [4.69, 9.17) is 0 Å². The zero-order chi connectivity index (χ0) is 13.1.